The predicted molar refractivity (Wildman–Crippen MR) is 134 cm³/mol. The summed E-state index contributed by atoms with van der Waals surface area (Å²) in [6, 6.07) is 5.07. The summed E-state index contributed by atoms with van der Waals surface area (Å²) in [6.45, 7) is 5.09. The van der Waals surface area contributed by atoms with Crippen LogP contribution in [0.4, 0.5) is 5.69 Å². The van der Waals surface area contributed by atoms with E-state index in [1.54, 1.807) is 39.0 Å². The topological polar surface area (TPSA) is 94.5 Å². The van der Waals surface area contributed by atoms with Gasteiger partial charge in [0.1, 0.15) is 13.1 Å². The van der Waals surface area contributed by atoms with E-state index in [0.29, 0.717) is 16.8 Å². The molecule has 0 atom stereocenters. The fraction of sp³-hybridized carbons (Fsp3) is 0.450. The van der Waals surface area contributed by atoms with Gasteiger partial charge in [-0.3, -0.25) is 9.59 Å². The molecular formula is C20H20Cl6N4O4. The molecule has 0 N–H and O–H groups in total. The van der Waals surface area contributed by atoms with E-state index in [1.807, 2.05) is 0 Å². The minimum atomic E-state index is -2.02. The molecule has 0 unspecified atom stereocenters. The Balaban J connectivity index is 2.63. The van der Waals surface area contributed by atoms with E-state index in [-0.39, 0.29) is 43.8 Å². The molecule has 0 saturated heterocycles. The zero-order valence-electron chi connectivity index (χ0n) is 18.3. The highest BCUT2D eigenvalue weighted by atomic mass is 35.6. The van der Waals surface area contributed by atoms with Crippen molar-refractivity contribution in [1.29, 1.82) is 0 Å². The van der Waals surface area contributed by atoms with Gasteiger partial charge in [0.25, 0.3) is 0 Å². The average molecular weight is 593 g/mol. The first kappa shape index (κ1) is 28.9. The highest BCUT2D eigenvalue weighted by Crippen LogP contribution is 2.41. The summed E-state index contributed by atoms with van der Waals surface area (Å²) in [7, 11) is 0. The van der Waals surface area contributed by atoms with E-state index in [1.165, 1.54) is 4.90 Å². The summed E-state index contributed by atoms with van der Waals surface area (Å²) in [5.41, 5.74) is 1.57. The van der Waals surface area contributed by atoms with Crippen molar-refractivity contribution in [3.63, 3.8) is 0 Å². The third kappa shape index (κ3) is 7.86. The van der Waals surface area contributed by atoms with E-state index in [0.717, 1.165) is 0 Å². The van der Waals surface area contributed by atoms with Crippen molar-refractivity contribution in [1.82, 2.24) is 15.0 Å². The summed E-state index contributed by atoms with van der Waals surface area (Å²) >= 11 is 35.8. The van der Waals surface area contributed by atoms with Crippen LogP contribution < -0.4 is 4.90 Å². The van der Waals surface area contributed by atoms with Crippen LogP contribution in [0.2, 0.25) is 0 Å². The SMILES string of the molecule is CCOC(=O)CN(CC(=O)OCC)c1cccc(-c2nc(C(Cl)(Cl)Cl)nc(C(Cl)(Cl)Cl)n2)c1C. The fourth-order valence-corrected chi connectivity index (χ4v) is 3.42. The molecule has 2 aromatic rings. The lowest BCUT2D eigenvalue weighted by Gasteiger charge is -2.25. The number of hydrogen-bond donors (Lipinski definition) is 0. The number of nitrogens with zero attached hydrogens (tertiary/aromatic N) is 4. The molecule has 2 rings (SSSR count). The van der Waals surface area contributed by atoms with Gasteiger partial charge in [0.2, 0.25) is 7.59 Å². The minimum absolute atomic E-state index is 0.0595. The smallest absolute Gasteiger partial charge is 0.325 e. The maximum atomic E-state index is 12.2. The van der Waals surface area contributed by atoms with Gasteiger partial charge in [-0.1, -0.05) is 81.7 Å². The van der Waals surface area contributed by atoms with Gasteiger partial charge in [-0.2, -0.15) is 0 Å². The van der Waals surface area contributed by atoms with Gasteiger partial charge in [-0.25, -0.2) is 15.0 Å². The van der Waals surface area contributed by atoms with Gasteiger partial charge >= 0.3 is 11.9 Å². The standard InChI is InChI=1S/C20H20Cl6N4O4/c1-4-33-14(31)9-30(10-15(32)34-5-2)13-8-6-7-12(11(13)3)16-27-17(19(21,22)23)29-18(28-16)20(24,25)26/h6-8H,4-5,9-10H2,1-3H3. The van der Waals surface area contributed by atoms with E-state index in [2.05, 4.69) is 15.0 Å². The van der Waals surface area contributed by atoms with Gasteiger partial charge in [0.05, 0.1) is 13.2 Å². The number of carbonyl (C=O) groups excluding carboxylic acids is 2. The van der Waals surface area contributed by atoms with Gasteiger partial charge in [0.15, 0.2) is 17.5 Å². The molecule has 0 amide bonds. The van der Waals surface area contributed by atoms with E-state index in [4.69, 9.17) is 79.1 Å². The van der Waals surface area contributed by atoms with Crippen LogP contribution >= 0.6 is 69.6 Å². The minimum Gasteiger partial charge on any atom is -0.465 e. The average Bonchev–Trinajstić information content (AvgIpc) is 2.72. The Kier molecular flexibility index (Phi) is 10.3. The lowest BCUT2D eigenvalue weighted by atomic mass is 10.0. The van der Waals surface area contributed by atoms with Gasteiger partial charge in [-0.05, 0) is 32.4 Å². The molecule has 0 aliphatic heterocycles. The molecule has 0 fully saturated rings. The molecule has 0 bridgehead atoms. The Hall–Kier alpha value is -1.29. The van der Waals surface area contributed by atoms with Crippen LogP contribution in [0.25, 0.3) is 11.4 Å². The van der Waals surface area contributed by atoms with Crippen LogP contribution in [-0.4, -0.2) is 53.2 Å². The van der Waals surface area contributed by atoms with Crippen molar-refractivity contribution in [3.05, 3.63) is 35.4 Å². The summed E-state index contributed by atoms with van der Waals surface area (Å²) in [4.78, 5) is 38.4. The number of benzene rings is 1. The van der Waals surface area contributed by atoms with E-state index >= 15 is 0 Å². The number of rotatable bonds is 8. The van der Waals surface area contributed by atoms with Crippen LogP contribution in [0.3, 0.4) is 0 Å². The van der Waals surface area contributed by atoms with Crippen LogP contribution in [-0.2, 0) is 26.6 Å². The molecule has 0 aliphatic carbocycles. The molecule has 14 heteroatoms. The highest BCUT2D eigenvalue weighted by molar-refractivity contribution is 6.67. The zero-order chi connectivity index (χ0) is 25.7. The number of hydrogen-bond acceptors (Lipinski definition) is 8. The molecule has 0 aliphatic rings. The maximum Gasteiger partial charge on any atom is 0.325 e. The third-order valence-corrected chi connectivity index (χ3v) is 5.29. The lowest BCUT2D eigenvalue weighted by molar-refractivity contribution is -0.142. The first-order chi connectivity index (χ1) is 15.8. The van der Waals surface area contributed by atoms with Crippen LogP contribution in [0.15, 0.2) is 18.2 Å². The molecule has 1 heterocycles. The van der Waals surface area contributed by atoms with E-state index in [9.17, 15) is 9.59 Å². The summed E-state index contributed by atoms with van der Waals surface area (Å²) in [5.74, 6) is -1.47. The molecule has 8 nitrogen and oxygen atoms in total. The molecule has 1 aromatic carbocycles. The van der Waals surface area contributed by atoms with E-state index < -0.39 is 19.5 Å². The second-order valence-corrected chi connectivity index (χ2v) is 11.3. The molecule has 0 saturated carbocycles. The normalized spacial score (nSPS) is 11.8. The Labute approximate surface area is 226 Å². The van der Waals surface area contributed by atoms with Crippen molar-refractivity contribution in [3.8, 4) is 11.4 Å². The number of esters is 2. The Morgan fingerprint density at radius 3 is 1.74 bits per heavy atom. The number of carbonyl (C=O) groups is 2. The summed E-state index contributed by atoms with van der Waals surface area (Å²) in [6.07, 6.45) is 0. The molecular weight excluding hydrogens is 573 g/mol. The highest BCUT2D eigenvalue weighted by Gasteiger charge is 2.34. The number of anilines is 1. The second-order valence-electron chi connectivity index (χ2n) is 6.72. The first-order valence-corrected chi connectivity index (χ1v) is 12.1. The molecule has 1 aromatic heterocycles. The molecule has 186 valence electrons. The van der Waals surface area contributed by atoms with Crippen molar-refractivity contribution < 1.29 is 19.1 Å². The Morgan fingerprint density at radius 1 is 0.853 bits per heavy atom. The summed E-state index contributed by atoms with van der Waals surface area (Å²) < 4.78 is 6.05. The number of halogens is 6. The second kappa shape index (κ2) is 12.1. The van der Waals surface area contributed by atoms with Crippen LogP contribution in [0.5, 0.6) is 0 Å². The predicted octanol–water partition coefficient (Wildman–Crippen LogP) is 5.43. The first-order valence-electron chi connectivity index (χ1n) is 9.84. The lowest BCUT2D eigenvalue weighted by Crippen LogP contribution is -2.36. The van der Waals surface area contributed by atoms with Crippen molar-refractivity contribution >= 4 is 87.2 Å². The maximum absolute atomic E-state index is 12.2. The van der Waals surface area contributed by atoms with Crippen molar-refractivity contribution in [2.45, 2.75) is 28.4 Å². The molecule has 0 radical (unpaired) electrons. The number of aromatic nitrogens is 3. The zero-order valence-corrected chi connectivity index (χ0v) is 22.8. The quantitative estimate of drug-likeness (QED) is 0.296. The van der Waals surface area contributed by atoms with Crippen molar-refractivity contribution in [2.75, 3.05) is 31.2 Å². The number of ether oxygens (including phenoxy) is 2. The van der Waals surface area contributed by atoms with Crippen molar-refractivity contribution in [2.24, 2.45) is 0 Å². The van der Waals surface area contributed by atoms with Crippen LogP contribution in [0.1, 0.15) is 31.1 Å². The third-order valence-electron chi connectivity index (χ3n) is 4.28. The van der Waals surface area contributed by atoms with Gasteiger partial charge < -0.3 is 14.4 Å². The van der Waals surface area contributed by atoms with Gasteiger partial charge in [0, 0.05) is 11.3 Å². The molecule has 34 heavy (non-hydrogen) atoms. The number of alkyl halides is 6. The monoisotopic (exact) mass is 590 g/mol. The Bertz CT molecular complexity index is 990. The molecule has 0 spiro atoms. The Morgan fingerprint density at radius 2 is 1.32 bits per heavy atom. The summed E-state index contributed by atoms with van der Waals surface area (Å²) in [5, 5.41) is 0. The van der Waals surface area contributed by atoms with Gasteiger partial charge in [-0.15, -0.1) is 0 Å². The largest absolute Gasteiger partial charge is 0.465 e. The van der Waals surface area contributed by atoms with Crippen LogP contribution in [0, 0.1) is 6.92 Å². The fourth-order valence-electron chi connectivity index (χ4n) is 2.91.